The Morgan fingerprint density at radius 1 is 1.16 bits per heavy atom. The van der Waals surface area contributed by atoms with Crippen molar-refractivity contribution < 1.29 is 0 Å². The molecule has 1 heterocycles. The van der Waals surface area contributed by atoms with Crippen LogP contribution in [0.15, 0.2) is 12.1 Å². The maximum atomic E-state index is 6.48. The van der Waals surface area contributed by atoms with E-state index in [4.69, 9.17) is 17.3 Å². The number of rotatable bonds is 3. The van der Waals surface area contributed by atoms with Crippen molar-refractivity contribution in [2.75, 3.05) is 0 Å². The molecule has 1 aromatic heterocycles. The molecule has 1 nitrogen and oxygen atoms in total. The maximum absolute atomic E-state index is 6.48. The Morgan fingerprint density at radius 3 is 2.68 bits per heavy atom. The third kappa shape index (κ3) is 3.34. The van der Waals surface area contributed by atoms with Crippen LogP contribution in [0.2, 0.25) is 4.34 Å². The molecule has 3 heteroatoms. The van der Waals surface area contributed by atoms with Crippen LogP contribution in [0.25, 0.3) is 0 Å². The molecule has 0 aromatic carbocycles. The van der Waals surface area contributed by atoms with Gasteiger partial charge in [0.1, 0.15) is 0 Å². The zero-order valence-electron chi connectivity index (χ0n) is 11.5. The molecule has 2 saturated carbocycles. The highest BCUT2D eigenvalue weighted by Crippen LogP contribution is 2.43. The van der Waals surface area contributed by atoms with E-state index in [1.807, 2.05) is 6.07 Å². The summed E-state index contributed by atoms with van der Waals surface area (Å²) in [5.74, 6) is 2.74. The fraction of sp³-hybridized carbons (Fsp3) is 0.750. The second kappa shape index (κ2) is 6.15. The molecule has 2 aliphatic carbocycles. The van der Waals surface area contributed by atoms with Gasteiger partial charge in [0.25, 0.3) is 0 Å². The van der Waals surface area contributed by atoms with Gasteiger partial charge in [-0.05, 0) is 55.6 Å². The molecular weight excluding hydrogens is 274 g/mol. The molecule has 0 spiro atoms. The lowest BCUT2D eigenvalue weighted by atomic mass is 9.66. The van der Waals surface area contributed by atoms with Crippen molar-refractivity contribution in [3.05, 3.63) is 21.3 Å². The van der Waals surface area contributed by atoms with E-state index in [2.05, 4.69) is 6.07 Å². The van der Waals surface area contributed by atoms with Crippen LogP contribution in [0, 0.1) is 17.8 Å². The lowest BCUT2D eigenvalue weighted by Gasteiger charge is -2.41. The first kappa shape index (κ1) is 13.9. The van der Waals surface area contributed by atoms with Gasteiger partial charge in [-0.15, -0.1) is 11.3 Å². The van der Waals surface area contributed by atoms with Gasteiger partial charge in [-0.1, -0.05) is 37.3 Å². The molecule has 1 aromatic rings. The number of halogens is 1. The van der Waals surface area contributed by atoms with Crippen LogP contribution in [0.4, 0.5) is 0 Å². The van der Waals surface area contributed by atoms with E-state index >= 15 is 0 Å². The summed E-state index contributed by atoms with van der Waals surface area (Å²) in [6.45, 7) is 0. The van der Waals surface area contributed by atoms with Crippen LogP contribution in [-0.2, 0) is 6.42 Å². The fourth-order valence-corrected chi connectivity index (χ4v) is 5.32. The minimum Gasteiger partial charge on any atom is -0.327 e. The van der Waals surface area contributed by atoms with Crippen LogP contribution in [0.3, 0.4) is 0 Å². The van der Waals surface area contributed by atoms with Gasteiger partial charge in [-0.3, -0.25) is 0 Å². The smallest absolute Gasteiger partial charge is 0.0931 e. The first-order valence-electron chi connectivity index (χ1n) is 7.72. The summed E-state index contributed by atoms with van der Waals surface area (Å²) in [5, 5.41) is 0. The van der Waals surface area contributed by atoms with E-state index < -0.39 is 0 Å². The molecule has 0 saturated heterocycles. The molecule has 2 N–H and O–H groups in total. The molecule has 2 fully saturated rings. The number of hydrogen-bond donors (Lipinski definition) is 1. The Labute approximate surface area is 125 Å². The summed E-state index contributed by atoms with van der Waals surface area (Å²) in [6.07, 6.45) is 11.0. The molecule has 0 radical (unpaired) electrons. The van der Waals surface area contributed by atoms with E-state index in [1.165, 1.54) is 49.8 Å². The van der Waals surface area contributed by atoms with Crippen molar-refractivity contribution in [2.45, 2.75) is 57.4 Å². The highest BCUT2D eigenvalue weighted by Gasteiger charge is 2.34. The zero-order chi connectivity index (χ0) is 13.2. The molecule has 4 unspecified atom stereocenters. The molecule has 4 atom stereocenters. The Kier molecular flexibility index (Phi) is 4.51. The summed E-state index contributed by atoms with van der Waals surface area (Å²) < 4.78 is 0.887. The highest BCUT2D eigenvalue weighted by molar-refractivity contribution is 7.16. The van der Waals surface area contributed by atoms with E-state index in [1.54, 1.807) is 11.3 Å². The SMILES string of the molecule is NC(Cc1ccc(Cl)s1)C1CCC2CCCCC2C1. The predicted molar refractivity (Wildman–Crippen MR) is 83.8 cm³/mol. The Balaban J connectivity index is 1.56. The summed E-state index contributed by atoms with van der Waals surface area (Å²) in [7, 11) is 0. The second-order valence-electron chi connectivity index (χ2n) is 6.45. The highest BCUT2D eigenvalue weighted by atomic mass is 35.5. The quantitative estimate of drug-likeness (QED) is 0.845. The molecule has 0 aliphatic heterocycles. The van der Waals surface area contributed by atoms with Crippen LogP contribution < -0.4 is 5.73 Å². The van der Waals surface area contributed by atoms with Crippen LogP contribution in [-0.4, -0.2) is 6.04 Å². The standard InChI is InChI=1S/C16H24ClNS/c17-16-8-7-14(19-16)10-15(18)13-6-5-11-3-1-2-4-12(11)9-13/h7-8,11-13,15H,1-6,9-10,18H2. The van der Waals surface area contributed by atoms with Crippen molar-refractivity contribution in [3.8, 4) is 0 Å². The third-order valence-corrected chi connectivity index (χ3v) is 6.50. The Bertz CT molecular complexity index is 417. The van der Waals surface area contributed by atoms with E-state index in [9.17, 15) is 0 Å². The van der Waals surface area contributed by atoms with Gasteiger partial charge in [0.15, 0.2) is 0 Å². The first-order valence-corrected chi connectivity index (χ1v) is 8.91. The second-order valence-corrected chi connectivity index (χ2v) is 8.25. The van der Waals surface area contributed by atoms with Gasteiger partial charge < -0.3 is 5.73 Å². The molecule has 0 amide bonds. The van der Waals surface area contributed by atoms with E-state index in [0.29, 0.717) is 6.04 Å². The minimum absolute atomic E-state index is 0.331. The van der Waals surface area contributed by atoms with Gasteiger partial charge in [-0.25, -0.2) is 0 Å². The molecule has 3 rings (SSSR count). The van der Waals surface area contributed by atoms with Crippen LogP contribution in [0.1, 0.15) is 49.8 Å². The van der Waals surface area contributed by atoms with Gasteiger partial charge in [-0.2, -0.15) is 0 Å². The molecule has 0 bridgehead atoms. The van der Waals surface area contributed by atoms with Gasteiger partial charge in [0, 0.05) is 10.9 Å². The maximum Gasteiger partial charge on any atom is 0.0931 e. The zero-order valence-corrected chi connectivity index (χ0v) is 13.1. The number of hydrogen-bond acceptors (Lipinski definition) is 2. The normalized spacial score (nSPS) is 32.8. The topological polar surface area (TPSA) is 26.0 Å². The minimum atomic E-state index is 0.331. The number of nitrogens with two attached hydrogens (primary N) is 1. The lowest BCUT2D eigenvalue weighted by Crippen LogP contribution is -2.38. The summed E-state index contributed by atoms with van der Waals surface area (Å²) in [5.41, 5.74) is 6.48. The summed E-state index contributed by atoms with van der Waals surface area (Å²) in [4.78, 5) is 1.35. The monoisotopic (exact) mass is 297 g/mol. The summed E-state index contributed by atoms with van der Waals surface area (Å²) in [6, 6.07) is 4.46. The van der Waals surface area contributed by atoms with Crippen LogP contribution in [0.5, 0.6) is 0 Å². The average Bonchev–Trinajstić information content (AvgIpc) is 2.83. The van der Waals surface area contributed by atoms with Gasteiger partial charge >= 0.3 is 0 Å². The average molecular weight is 298 g/mol. The van der Waals surface area contributed by atoms with E-state index in [-0.39, 0.29) is 0 Å². The first-order chi connectivity index (χ1) is 9.22. The Morgan fingerprint density at radius 2 is 1.95 bits per heavy atom. The molecule has 2 aliphatic rings. The van der Waals surface area contributed by atoms with Crippen molar-refractivity contribution in [1.82, 2.24) is 0 Å². The lowest BCUT2D eigenvalue weighted by molar-refractivity contribution is 0.117. The van der Waals surface area contributed by atoms with Gasteiger partial charge in [0.05, 0.1) is 4.34 Å². The van der Waals surface area contributed by atoms with Crippen molar-refractivity contribution in [3.63, 3.8) is 0 Å². The summed E-state index contributed by atoms with van der Waals surface area (Å²) >= 11 is 7.69. The number of thiophene rings is 1. The van der Waals surface area contributed by atoms with Crippen LogP contribution >= 0.6 is 22.9 Å². The van der Waals surface area contributed by atoms with Gasteiger partial charge in [0.2, 0.25) is 0 Å². The van der Waals surface area contributed by atoms with Crippen molar-refractivity contribution in [1.29, 1.82) is 0 Å². The van der Waals surface area contributed by atoms with E-state index in [0.717, 1.165) is 28.5 Å². The molecular formula is C16H24ClNS. The largest absolute Gasteiger partial charge is 0.327 e. The Hall–Kier alpha value is -0.0500. The van der Waals surface area contributed by atoms with Crippen molar-refractivity contribution in [2.24, 2.45) is 23.5 Å². The predicted octanol–water partition coefficient (Wildman–Crippen LogP) is 4.88. The number of fused-ring (bicyclic) bond motifs is 1. The fourth-order valence-electron chi connectivity index (χ4n) is 4.16. The van der Waals surface area contributed by atoms with Crippen molar-refractivity contribution >= 4 is 22.9 Å². The third-order valence-electron chi connectivity index (χ3n) is 5.25. The molecule has 106 valence electrons. The molecule has 19 heavy (non-hydrogen) atoms.